The van der Waals surface area contributed by atoms with Crippen LogP contribution in [-0.2, 0) is 4.79 Å². The molecule has 102 valence electrons. The lowest BCUT2D eigenvalue weighted by Crippen LogP contribution is -2.42. The number of nitrogens with zero attached hydrogens (tertiary/aromatic N) is 1. The van der Waals surface area contributed by atoms with Gasteiger partial charge >= 0.3 is 0 Å². The summed E-state index contributed by atoms with van der Waals surface area (Å²) in [5.41, 5.74) is 5.31. The van der Waals surface area contributed by atoms with Gasteiger partial charge in [-0.15, -0.1) is 0 Å². The molecule has 0 spiro atoms. The molecule has 0 aromatic carbocycles. The Balaban J connectivity index is 4.08. The maximum absolute atomic E-state index is 11.1. The van der Waals surface area contributed by atoms with Crippen LogP contribution >= 0.6 is 0 Å². The van der Waals surface area contributed by atoms with E-state index in [2.05, 4.69) is 31.0 Å². The van der Waals surface area contributed by atoms with E-state index in [4.69, 9.17) is 5.73 Å². The number of nitrogens with two attached hydrogens (primary N) is 1. The van der Waals surface area contributed by atoms with E-state index in [-0.39, 0.29) is 11.9 Å². The maximum atomic E-state index is 11.1. The van der Waals surface area contributed by atoms with Gasteiger partial charge in [-0.1, -0.05) is 33.6 Å². The number of hydrogen-bond acceptors (Lipinski definition) is 3. The van der Waals surface area contributed by atoms with Crippen molar-refractivity contribution in [2.45, 2.75) is 46.1 Å². The van der Waals surface area contributed by atoms with Crippen LogP contribution in [0.3, 0.4) is 0 Å². The minimum Gasteiger partial charge on any atom is -0.368 e. The highest BCUT2D eigenvalue weighted by molar-refractivity contribution is 5.79. The van der Waals surface area contributed by atoms with Crippen molar-refractivity contribution in [2.75, 3.05) is 26.7 Å². The molecule has 0 aliphatic heterocycles. The average Bonchev–Trinajstić information content (AvgIpc) is 2.33. The second-order valence-electron chi connectivity index (χ2n) is 4.61. The molecule has 4 heteroatoms. The predicted molar refractivity (Wildman–Crippen MR) is 72.8 cm³/mol. The average molecular weight is 243 g/mol. The highest BCUT2D eigenvalue weighted by Gasteiger charge is 2.15. The Kier molecular flexibility index (Phi) is 9.09. The van der Waals surface area contributed by atoms with Gasteiger partial charge in [-0.3, -0.25) is 4.79 Å². The van der Waals surface area contributed by atoms with Crippen LogP contribution in [0.25, 0.3) is 0 Å². The van der Waals surface area contributed by atoms with Crippen LogP contribution in [0.4, 0.5) is 0 Å². The van der Waals surface area contributed by atoms with Gasteiger partial charge in [0.15, 0.2) is 0 Å². The van der Waals surface area contributed by atoms with Crippen molar-refractivity contribution < 1.29 is 4.79 Å². The zero-order valence-corrected chi connectivity index (χ0v) is 11.8. The fourth-order valence-electron chi connectivity index (χ4n) is 2.03. The van der Waals surface area contributed by atoms with Crippen molar-refractivity contribution in [1.29, 1.82) is 0 Å². The molecule has 0 saturated heterocycles. The summed E-state index contributed by atoms with van der Waals surface area (Å²) < 4.78 is 0. The molecular formula is C13H29N3O. The number of carbonyl (C=O) groups is 1. The van der Waals surface area contributed by atoms with Crippen molar-refractivity contribution in [3.05, 3.63) is 0 Å². The van der Waals surface area contributed by atoms with E-state index in [1.807, 2.05) is 0 Å². The van der Waals surface area contributed by atoms with Crippen LogP contribution in [0, 0.1) is 5.92 Å². The summed E-state index contributed by atoms with van der Waals surface area (Å²) in [5.74, 6) is 0.502. The first-order valence-corrected chi connectivity index (χ1v) is 6.77. The van der Waals surface area contributed by atoms with Gasteiger partial charge in [-0.05, 0) is 25.9 Å². The van der Waals surface area contributed by atoms with Gasteiger partial charge in [0.1, 0.15) is 0 Å². The third-order valence-corrected chi connectivity index (χ3v) is 3.54. The quantitative estimate of drug-likeness (QED) is 0.606. The molecule has 17 heavy (non-hydrogen) atoms. The molecule has 0 aromatic heterocycles. The molecule has 1 unspecified atom stereocenters. The van der Waals surface area contributed by atoms with E-state index < -0.39 is 0 Å². The van der Waals surface area contributed by atoms with Crippen molar-refractivity contribution >= 4 is 5.91 Å². The van der Waals surface area contributed by atoms with E-state index >= 15 is 0 Å². The zero-order valence-electron chi connectivity index (χ0n) is 11.8. The normalized spacial score (nSPS) is 13.3. The third kappa shape index (κ3) is 6.64. The molecule has 1 amide bonds. The predicted octanol–water partition coefficient (Wildman–Crippen LogP) is 1.21. The summed E-state index contributed by atoms with van der Waals surface area (Å²) in [7, 11) is 1.78. The standard InChI is InChI=1S/C13H29N3O/c1-5-11(6-2)10-16(7-3)9-8-12(15-4)13(14)17/h11-12,15H,5-10H2,1-4H3,(H2,14,17). The number of rotatable bonds is 10. The fourth-order valence-corrected chi connectivity index (χ4v) is 2.03. The highest BCUT2D eigenvalue weighted by Crippen LogP contribution is 2.10. The number of carbonyl (C=O) groups excluding carboxylic acids is 1. The molecule has 0 aromatic rings. The molecular weight excluding hydrogens is 214 g/mol. The Morgan fingerprint density at radius 3 is 2.24 bits per heavy atom. The molecule has 0 fully saturated rings. The second kappa shape index (κ2) is 9.42. The van der Waals surface area contributed by atoms with Crippen LogP contribution in [0.1, 0.15) is 40.0 Å². The molecule has 1 atom stereocenters. The van der Waals surface area contributed by atoms with Crippen LogP contribution in [0.15, 0.2) is 0 Å². The minimum atomic E-state index is -0.258. The first kappa shape index (κ1) is 16.4. The highest BCUT2D eigenvalue weighted by atomic mass is 16.1. The van der Waals surface area contributed by atoms with Crippen molar-refractivity contribution in [3.63, 3.8) is 0 Å². The maximum Gasteiger partial charge on any atom is 0.234 e. The summed E-state index contributed by atoms with van der Waals surface area (Å²) in [6, 6.07) is -0.203. The van der Waals surface area contributed by atoms with Gasteiger partial charge in [-0.25, -0.2) is 0 Å². The largest absolute Gasteiger partial charge is 0.368 e. The van der Waals surface area contributed by atoms with Crippen molar-refractivity contribution in [1.82, 2.24) is 10.2 Å². The molecule has 0 heterocycles. The molecule has 4 nitrogen and oxygen atoms in total. The molecule has 0 aliphatic carbocycles. The Bertz CT molecular complexity index is 205. The Morgan fingerprint density at radius 2 is 1.88 bits per heavy atom. The van der Waals surface area contributed by atoms with Gasteiger partial charge in [0.2, 0.25) is 5.91 Å². The minimum absolute atomic E-state index is 0.203. The van der Waals surface area contributed by atoms with Gasteiger partial charge in [-0.2, -0.15) is 0 Å². The molecule has 0 radical (unpaired) electrons. The number of amides is 1. The molecule has 0 saturated carbocycles. The Morgan fingerprint density at radius 1 is 1.29 bits per heavy atom. The van der Waals surface area contributed by atoms with Crippen LogP contribution in [0.5, 0.6) is 0 Å². The summed E-state index contributed by atoms with van der Waals surface area (Å²) in [6.45, 7) is 9.73. The number of hydrogen-bond donors (Lipinski definition) is 2. The fraction of sp³-hybridized carbons (Fsp3) is 0.923. The third-order valence-electron chi connectivity index (χ3n) is 3.54. The van der Waals surface area contributed by atoms with E-state index in [1.54, 1.807) is 7.05 Å². The first-order chi connectivity index (χ1) is 8.08. The van der Waals surface area contributed by atoms with Gasteiger partial charge in [0, 0.05) is 13.1 Å². The van der Waals surface area contributed by atoms with Crippen molar-refractivity contribution in [3.8, 4) is 0 Å². The first-order valence-electron chi connectivity index (χ1n) is 6.77. The van der Waals surface area contributed by atoms with E-state index in [0.717, 1.165) is 32.0 Å². The second-order valence-corrected chi connectivity index (χ2v) is 4.61. The summed E-state index contributed by atoms with van der Waals surface area (Å²) >= 11 is 0. The Hall–Kier alpha value is -0.610. The lowest BCUT2D eigenvalue weighted by Gasteiger charge is -2.26. The van der Waals surface area contributed by atoms with Gasteiger partial charge < -0.3 is 16.0 Å². The number of likely N-dealkylation sites (N-methyl/N-ethyl adjacent to an activating group) is 1. The molecule has 0 aliphatic rings. The molecule has 0 rings (SSSR count). The summed E-state index contributed by atoms with van der Waals surface area (Å²) in [5, 5.41) is 2.96. The van der Waals surface area contributed by atoms with E-state index in [1.165, 1.54) is 12.8 Å². The SMILES string of the molecule is CCC(CC)CN(CC)CCC(NC)C(N)=O. The smallest absolute Gasteiger partial charge is 0.234 e. The van der Waals surface area contributed by atoms with Crippen molar-refractivity contribution in [2.24, 2.45) is 11.7 Å². The topological polar surface area (TPSA) is 58.4 Å². The number of nitrogens with one attached hydrogen (secondary N) is 1. The monoisotopic (exact) mass is 243 g/mol. The van der Waals surface area contributed by atoms with E-state index in [0.29, 0.717) is 0 Å². The lowest BCUT2D eigenvalue weighted by atomic mass is 10.0. The van der Waals surface area contributed by atoms with Gasteiger partial charge in [0.05, 0.1) is 6.04 Å². The van der Waals surface area contributed by atoms with Crippen LogP contribution < -0.4 is 11.1 Å². The van der Waals surface area contributed by atoms with Crippen LogP contribution in [-0.4, -0.2) is 43.5 Å². The lowest BCUT2D eigenvalue weighted by molar-refractivity contribution is -0.120. The molecule has 3 N–H and O–H groups in total. The number of primary amides is 1. The van der Waals surface area contributed by atoms with Crippen LogP contribution in [0.2, 0.25) is 0 Å². The van der Waals surface area contributed by atoms with Gasteiger partial charge in [0.25, 0.3) is 0 Å². The summed E-state index contributed by atoms with van der Waals surface area (Å²) in [4.78, 5) is 13.5. The van der Waals surface area contributed by atoms with E-state index in [9.17, 15) is 4.79 Å². The molecule has 0 bridgehead atoms. The summed E-state index contributed by atoms with van der Waals surface area (Å²) in [6.07, 6.45) is 3.23. The zero-order chi connectivity index (χ0) is 13.3. The Labute approximate surface area is 106 Å².